The van der Waals surface area contributed by atoms with E-state index in [9.17, 15) is 9.59 Å². The fraction of sp³-hybridized carbons (Fsp3) is 0.300. The molecule has 0 fully saturated rings. The van der Waals surface area contributed by atoms with Gasteiger partial charge in [-0.2, -0.15) is 0 Å². The second-order valence-corrected chi connectivity index (χ2v) is 6.01. The molecule has 0 radical (unpaired) electrons. The maximum absolute atomic E-state index is 12.6. The Morgan fingerprint density at radius 1 is 0.875 bits per heavy atom. The van der Waals surface area contributed by atoms with E-state index in [4.69, 9.17) is 0 Å². The summed E-state index contributed by atoms with van der Waals surface area (Å²) < 4.78 is 0. The lowest BCUT2D eigenvalue weighted by molar-refractivity contribution is 0.0954. The number of carbonyl (C=O) groups excluding carboxylic acids is 2. The predicted octanol–water partition coefficient (Wildman–Crippen LogP) is 4.00. The Morgan fingerprint density at radius 2 is 1.54 bits per heavy atom. The van der Waals surface area contributed by atoms with Gasteiger partial charge in [-0.25, -0.2) is 0 Å². The van der Waals surface area contributed by atoms with E-state index in [1.165, 1.54) is 0 Å². The van der Waals surface area contributed by atoms with Crippen LogP contribution in [0.25, 0.3) is 0 Å². The molecule has 24 heavy (non-hydrogen) atoms. The van der Waals surface area contributed by atoms with Crippen LogP contribution in [0.4, 0.5) is 5.69 Å². The lowest BCUT2D eigenvalue weighted by atomic mass is 10.00. The summed E-state index contributed by atoms with van der Waals surface area (Å²) in [6.07, 6.45) is 0.863. The Morgan fingerprint density at radius 3 is 2.25 bits per heavy atom. The van der Waals surface area contributed by atoms with E-state index in [2.05, 4.69) is 10.6 Å². The van der Waals surface area contributed by atoms with Gasteiger partial charge >= 0.3 is 0 Å². The third kappa shape index (κ3) is 4.02. The van der Waals surface area contributed by atoms with Crippen LogP contribution >= 0.6 is 0 Å². The van der Waals surface area contributed by atoms with Crippen LogP contribution < -0.4 is 10.6 Å². The minimum absolute atomic E-state index is 0.176. The zero-order valence-electron chi connectivity index (χ0n) is 14.7. The van der Waals surface area contributed by atoms with Crippen molar-refractivity contribution in [3.63, 3.8) is 0 Å². The fourth-order valence-electron chi connectivity index (χ4n) is 2.52. The van der Waals surface area contributed by atoms with Crippen molar-refractivity contribution in [1.29, 1.82) is 0 Å². The minimum atomic E-state index is -0.202. The zero-order chi connectivity index (χ0) is 17.7. The number of benzene rings is 2. The summed E-state index contributed by atoms with van der Waals surface area (Å²) in [7, 11) is 0. The number of carbonyl (C=O) groups is 2. The second kappa shape index (κ2) is 7.77. The topological polar surface area (TPSA) is 58.2 Å². The SMILES string of the molecule is CCCNC(=O)c1ccccc1NC(=O)c1cc(C)c(C)cc1C. The summed E-state index contributed by atoms with van der Waals surface area (Å²) in [5.41, 5.74) is 4.77. The van der Waals surface area contributed by atoms with Crippen LogP contribution in [-0.4, -0.2) is 18.4 Å². The van der Waals surface area contributed by atoms with Gasteiger partial charge in [0.2, 0.25) is 0 Å². The lowest BCUT2D eigenvalue weighted by Crippen LogP contribution is -2.26. The molecule has 2 aromatic rings. The van der Waals surface area contributed by atoms with Crippen molar-refractivity contribution in [3.8, 4) is 0 Å². The summed E-state index contributed by atoms with van der Waals surface area (Å²) in [6, 6.07) is 10.9. The van der Waals surface area contributed by atoms with Crippen LogP contribution in [0.1, 0.15) is 50.8 Å². The summed E-state index contributed by atoms with van der Waals surface area (Å²) in [6.45, 7) is 8.53. The molecule has 2 amide bonds. The molecule has 2 rings (SSSR count). The Bertz CT molecular complexity index is 766. The fourth-order valence-corrected chi connectivity index (χ4v) is 2.52. The average Bonchev–Trinajstić information content (AvgIpc) is 2.56. The van der Waals surface area contributed by atoms with Gasteiger partial charge in [0.15, 0.2) is 0 Å². The molecule has 0 heterocycles. The number of aryl methyl sites for hydroxylation is 3. The average molecular weight is 324 g/mol. The maximum atomic E-state index is 12.6. The third-order valence-corrected chi connectivity index (χ3v) is 4.04. The van der Waals surface area contributed by atoms with Crippen molar-refractivity contribution in [3.05, 3.63) is 64.2 Å². The van der Waals surface area contributed by atoms with Gasteiger partial charge in [-0.1, -0.05) is 25.1 Å². The van der Waals surface area contributed by atoms with Crippen LogP contribution in [0.15, 0.2) is 36.4 Å². The van der Waals surface area contributed by atoms with Crippen LogP contribution in [0.5, 0.6) is 0 Å². The van der Waals surface area contributed by atoms with E-state index in [1.54, 1.807) is 24.3 Å². The minimum Gasteiger partial charge on any atom is -0.352 e. The molecule has 0 spiro atoms. The Balaban J connectivity index is 2.27. The van der Waals surface area contributed by atoms with Gasteiger partial charge in [0.1, 0.15) is 0 Å². The van der Waals surface area contributed by atoms with Crippen LogP contribution in [0.3, 0.4) is 0 Å². The molecule has 0 bridgehead atoms. The first kappa shape index (κ1) is 17.7. The normalized spacial score (nSPS) is 10.3. The molecule has 0 saturated carbocycles. The van der Waals surface area contributed by atoms with E-state index in [-0.39, 0.29) is 11.8 Å². The van der Waals surface area contributed by atoms with Crippen LogP contribution in [0, 0.1) is 20.8 Å². The van der Waals surface area contributed by atoms with Gasteiger partial charge in [0.05, 0.1) is 11.3 Å². The van der Waals surface area contributed by atoms with Crippen LogP contribution in [0.2, 0.25) is 0 Å². The number of nitrogens with one attached hydrogen (secondary N) is 2. The number of amides is 2. The summed E-state index contributed by atoms with van der Waals surface area (Å²) in [5, 5.41) is 5.71. The highest BCUT2D eigenvalue weighted by Gasteiger charge is 2.15. The quantitative estimate of drug-likeness (QED) is 0.873. The molecular weight excluding hydrogens is 300 g/mol. The van der Waals surface area contributed by atoms with Gasteiger partial charge in [-0.15, -0.1) is 0 Å². The van der Waals surface area contributed by atoms with E-state index in [1.807, 2.05) is 39.8 Å². The van der Waals surface area contributed by atoms with Crippen molar-refractivity contribution < 1.29 is 9.59 Å². The molecule has 2 N–H and O–H groups in total. The molecule has 4 nitrogen and oxygen atoms in total. The monoisotopic (exact) mass is 324 g/mol. The smallest absolute Gasteiger partial charge is 0.255 e. The Kier molecular flexibility index (Phi) is 5.74. The van der Waals surface area contributed by atoms with Gasteiger partial charge in [-0.3, -0.25) is 9.59 Å². The van der Waals surface area contributed by atoms with E-state index < -0.39 is 0 Å². The Labute approximate surface area is 143 Å². The highest BCUT2D eigenvalue weighted by molar-refractivity contribution is 6.09. The van der Waals surface area contributed by atoms with Gasteiger partial charge in [-0.05, 0) is 62.1 Å². The standard InChI is InChI=1S/C20H24N2O2/c1-5-10-21-19(23)16-8-6-7-9-18(16)22-20(24)17-12-14(3)13(2)11-15(17)4/h6-9,11-12H,5,10H2,1-4H3,(H,21,23)(H,22,24). The largest absolute Gasteiger partial charge is 0.352 e. The van der Waals surface area contributed by atoms with Gasteiger partial charge < -0.3 is 10.6 Å². The number of anilines is 1. The van der Waals surface area contributed by atoms with E-state index in [0.717, 1.165) is 23.1 Å². The molecule has 4 heteroatoms. The van der Waals surface area contributed by atoms with Crippen LogP contribution in [-0.2, 0) is 0 Å². The van der Waals surface area contributed by atoms with Crippen molar-refractivity contribution in [1.82, 2.24) is 5.32 Å². The maximum Gasteiger partial charge on any atom is 0.255 e. The summed E-state index contributed by atoms with van der Waals surface area (Å²) in [4.78, 5) is 24.9. The number of hydrogen-bond donors (Lipinski definition) is 2. The number of hydrogen-bond acceptors (Lipinski definition) is 2. The third-order valence-electron chi connectivity index (χ3n) is 4.04. The highest BCUT2D eigenvalue weighted by atomic mass is 16.2. The molecule has 126 valence electrons. The van der Waals surface area contributed by atoms with E-state index >= 15 is 0 Å². The van der Waals surface area contributed by atoms with Crippen molar-refractivity contribution in [2.24, 2.45) is 0 Å². The highest BCUT2D eigenvalue weighted by Crippen LogP contribution is 2.19. The lowest BCUT2D eigenvalue weighted by Gasteiger charge is -2.13. The second-order valence-electron chi connectivity index (χ2n) is 6.01. The summed E-state index contributed by atoms with van der Waals surface area (Å²) >= 11 is 0. The molecule has 0 aliphatic heterocycles. The molecule has 2 aromatic carbocycles. The first-order valence-corrected chi connectivity index (χ1v) is 8.20. The number of rotatable bonds is 5. The van der Waals surface area contributed by atoms with Gasteiger partial charge in [0, 0.05) is 12.1 Å². The summed E-state index contributed by atoms with van der Waals surface area (Å²) in [5.74, 6) is -0.379. The predicted molar refractivity (Wildman–Crippen MR) is 97.7 cm³/mol. The molecule has 0 aliphatic rings. The van der Waals surface area contributed by atoms with Crippen molar-refractivity contribution >= 4 is 17.5 Å². The van der Waals surface area contributed by atoms with Crippen molar-refractivity contribution in [2.45, 2.75) is 34.1 Å². The zero-order valence-corrected chi connectivity index (χ0v) is 14.7. The first-order valence-electron chi connectivity index (χ1n) is 8.20. The Hall–Kier alpha value is -2.62. The molecule has 0 unspecified atom stereocenters. The molecule has 0 aliphatic carbocycles. The first-order chi connectivity index (χ1) is 11.4. The molecular formula is C20H24N2O2. The number of para-hydroxylation sites is 1. The molecule has 0 aromatic heterocycles. The molecule has 0 atom stereocenters. The van der Waals surface area contributed by atoms with Crippen molar-refractivity contribution in [2.75, 3.05) is 11.9 Å². The van der Waals surface area contributed by atoms with E-state index in [0.29, 0.717) is 23.4 Å². The molecule has 0 saturated heterocycles. The van der Waals surface area contributed by atoms with Gasteiger partial charge in [0.25, 0.3) is 11.8 Å².